The van der Waals surface area contributed by atoms with Crippen molar-refractivity contribution in [3.8, 4) is 5.75 Å². The number of pyridine rings is 1. The molecule has 1 aliphatic rings. The number of ether oxygens (including phenoxy) is 1. The summed E-state index contributed by atoms with van der Waals surface area (Å²) in [5.74, 6) is -0.183. The zero-order valence-corrected chi connectivity index (χ0v) is 11.9. The Hall–Kier alpha value is -2.36. The molecule has 0 atom stereocenters. The van der Waals surface area contributed by atoms with E-state index in [1.165, 1.54) is 11.6 Å². The molecule has 2 aromatic rings. The Balaban J connectivity index is 2.28. The van der Waals surface area contributed by atoms with Crippen LogP contribution in [-0.2, 0) is 17.6 Å². The molecule has 1 aliphatic carbocycles. The van der Waals surface area contributed by atoms with Crippen LogP contribution in [0.1, 0.15) is 29.7 Å². The van der Waals surface area contributed by atoms with Crippen LogP contribution >= 0.6 is 0 Å². The monoisotopic (exact) mass is 283 g/mol. The summed E-state index contributed by atoms with van der Waals surface area (Å²) >= 11 is 0. The fraction of sp³-hybridized carbons (Fsp3) is 0.294. The molecular formula is C17H17NO3. The zero-order valence-electron chi connectivity index (χ0n) is 11.9. The Morgan fingerprint density at radius 3 is 2.90 bits per heavy atom. The minimum atomic E-state index is -0.938. The predicted molar refractivity (Wildman–Crippen MR) is 81.6 cm³/mol. The van der Waals surface area contributed by atoms with Gasteiger partial charge in [0.2, 0.25) is 0 Å². The van der Waals surface area contributed by atoms with Crippen molar-refractivity contribution < 1.29 is 14.6 Å². The smallest absolute Gasteiger partial charge is 0.328 e. The fourth-order valence-corrected chi connectivity index (χ4v) is 2.91. The molecule has 0 aliphatic heterocycles. The number of aromatic nitrogens is 1. The normalized spacial score (nSPS) is 14.3. The van der Waals surface area contributed by atoms with E-state index in [0.29, 0.717) is 0 Å². The van der Waals surface area contributed by atoms with Crippen molar-refractivity contribution in [3.63, 3.8) is 0 Å². The van der Waals surface area contributed by atoms with E-state index in [0.717, 1.165) is 53.6 Å². The van der Waals surface area contributed by atoms with Crippen LogP contribution in [0, 0.1) is 0 Å². The summed E-state index contributed by atoms with van der Waals surface area (Å²) in [4.78, 5) is 15.6. The molecule has 4 heteroatoms. The number of rotatable bonds is 3. The third-order valence-electron chi connectivity index (χ3n) is 3.91. The third-order valence-corrected chi connectivity index (χ3v) is 3.91. The summed E-state index contributed by atoms with van der Waals surface area (Å²) in [5.41, 5.74) is 4.14. The maximum absolute atomic E-state index is 10.9. The van der Waals surface area contributed by atoms with Crippen LogP contribution in [0.25, 0.3) is 17.0 Å². The molecule has 0 bridgehead atoms. The first-order chi connectivity index (χ1) is 10.2. The van der Waals surface area contributed by atoms with Gasteiger partial charge in [-0.1, -0.05) is 0 Å². The standard InChI is InChI=1S/C17H17NO3/c1-21-11-6-8-16-14(10-11)12(7-9-17(19)20)13-4-2-3-5-15(13)18-16/h6-10H,2-5H2,1H3,(H,19,20)/b9-7+. The second-order valence-electron chi connectivity index (χ2n) is 5.21. The fourth-order valence-electron chi connectivity index (χ4n) is 2.91. The Kier molecular flexibility index (Phi) is 3.60. The van der Waals surface area contributed by atoms with Crippen LogP contribution in [-0.4, -0.2) is 23.2 Å². The van der Waals surface area contributed by atoms with Gasteiger partial charge in [-0.2, -0.15) is 0 Å². The Morgan fingerprint density at radius 1 is 1.33 bits per heavy atom. The van der Waals surface area contributed by atoms with Crippen LogP contribution in [0.5, 0.6) is 5.75 Å². The van der Waals surface area contributed by atoms with E-state index in [1.54, 1.807) is 13.2 Å². The van der Waals surface area contributed by atoms with Crippen molar-refractivity contribution in [2.45, 2.75) is 25.7 Å². The number of methoxy groups -OCH3 is 1. The average molecular weight is 283 g/mol. The van der Waals surface area contributed by atoms with Gasteiger partial charge in [-0.3, -0.25) is 4.98 Å². The van der Waals surface area contributed by atoms with Crippen LogP contribution in [0.4, 0.5) is 0 Å². The molecular weight excluding hydrogens is 266 g/mol. The van der Waals surface area contributed by atoms with E-state index in [2.05, 4.69) is 0 Å². The van der Waals surface area contributed by atoms with Crippen molar-refractivity contribution in [2.75, 3.05) is 7.11 Å². The minimum Gasteiger partial charge on any atom is -0.497 e. The highest BCUT2D eigenvalue weighted by atomic mass is 16.5. The Labute approximate surface area is 123 Å². The van der Waals surface area contributed by atoms with Crippen molar-refractivity contribution in [3.05, 3.63) is 41.1 Å². The second kappa shape index (κ2) is 5.56. The lowest BCUT2D eigenvalue weighted by molar-refractivity contribution is -0.131. The van der Waals surface area contributed by atoms with Crippen LogP contribution in [0.15, 0.2) is 24.3 Å². The summed E-state index contributed by atoms with van der Waals surface area (Å²) < 4.78 is 5.28. The summed E-state index contributed by atoms with van der Waals surface area (Å²) in [6.07, 6.45) is 7.07. The van der Waals surface area contributed by atoms with Gasteiger partial charge in [-0.25, -0.2) is 4.79 Å². The molecule has 0 amide bonds. The van der Waals surface area contributed by atoms with Gasteiger partial charge in [0.1, 0.15) is 5.75 Å². The van der Waals surface area contributed by atoms with E-state index < -0.39 is 5.97 Å². The van der Waals surface area contributed by atoms with Gasteiger partial charge in [-0.15, -0.1) is 0 Å². The van der Waals surface area contributed by atoms with Crippen LogP contribution in [0.2, 0.25) is 0 Å². The summed E-state index contributed by atoms with van der Waals surface area (Å²) in [6, 6.07) is 5.75. The van der Waals surface area contributed by atoms with Crippen molar-refractivity contribution in [1.29, 1.82) is 0 Å². The number of nitrogens with zero attached hydrogens (tertiary/aromatic N) is 1. The Bertz CT molecular complexity index is 734. The number of hydrogen-bond acceptors (Lipinski definition) is 3. The second-order valence-corrected chi connectivity index (χ2v) is 5.21. The van der Waals surface area contributed by atoms with E-state index in [9.17, 15) is 4.79 Å². The van der Waals surface area contributed by atoms with E-state index in [1.807, 2.05) is 18.2 Å². The molecule has 0 unspecified atom stereocenters. The predicted octanol–water partition coefficient (Wildman–Crippen LogP) is 3.22. The molecule has 0 saturated carbocycles. The lowest BCUT2D eigenvalue weighted by atomic mass is 9.89. The number of carboxylic acid groups (broad SMARTS) is 1. The van der Waals surface area contributed by atoms with Crippen LogP contribution < -0.4 is 4.74 Å². The molecule has 0 radical (unpaired) electrons. The topological polar surface area (TPSA) is 59.4 Å². The summed E-state index contributed by atoms with van der Waals surface area (Å²) in [7, 11) is 1.62. The molecule has 108 valence electrons. The molecule has 21 heavy (non-hydrogen) atoms. The lowest BCUT2D eigenvalue weighted by Gasteiger charge is -2.19. The number of fused-ring (bicyclic) bond motifs is 2. The van der Waals surface area contributed by atoms with E-state index in [-0.39, 0.29) is 0 Å². The SMILES string of the molecule is COc1ccc2nc3c(c(/C=C/C(=O)O)c2c1)CCCC3. The third kappa shape index (κ3) is 2.61. The first-order valence-electron chi connectivity index (χ1n) is 7.09. The van der Waals surface area contributed by atoms with Gasteiger partial charge < -0.3 is 9.84 Å². The Morgan fingerprint density at radius 2 is 2.14 bits per heavy atom. The van der Waals surface area contributed by atoms with E-state index in [4.69, 9.17) is 14.8 Å². The molecule has 1 N–H and O–H groups in total. The number of hydrogen-bond donors (Lipinski definition) is 1. The van der Waals surface area contributed by atoms with Crippen LogP contribution in [0.3, 0.4) is 0 Å². The molecule has 0 saturated heterocycles. The quantitative estimate of drug-likeness (QED) is 0.879. The summed E-state index contributed by atoms with van der Waals surface area (Å²) in [6.45, 7) is 0. The molecule has 0 spiro atoms. The highest BCUT2D eigenvalue weighted by Gasteiger charge is 2.17. The number of aliphatic carboxylic acids is 1. The molecule has 1 heterocycles. The molecule has 1 aromatic heterocycles. The first kappa shape index (κ1) is 13.6. The zero-order chi connectivity index (χ0) is 14.8. The van der Waals surface area contributed by atoms with Gasteiger partial charge in [0.15, 0.2) is 0 Å². The lowest BCUT2D eigenvalue weighted by Crippen LogP contribution is -2.08. The van der Waals surface area contributed by atoms with Gasteiger partial charge in [0, 0.05) is 17.2 Å². The molecule has 3 rings (SSSR count). The first-order valence-corrected chi connectivity index (χ1v) is 7.09. The van der Waals surface area contributed by atoms with Crippen molar-refractivity contribution in [1.82, 2.24) is 4.98 Å². The van der Waals surface area contributed by atoms with Gasteiger partial charge in [0.25, 0.3) is 0 Å². The number of carbonyl (C=O) groups is 1. The van der Waals surface area contributed by atoms with Crippen molar-refractivity contribution in [2.24, 2.45) is 0 Å². The molecule has 0 fully saturated rings. The largest absolute Gasteiger partial charge is 0.497 e. The van der Waals surface area contributed by atoms with Gasteiger partial charge in [-0.05, 0) is 61.1 Å². The highest BCUT2D eigenvalue weighted by Crippen LogP contribution is 2.32. The van der Waals surface area contributed by atoms with Gasteiger partial charge in [0.05, 0.1) is 12.6 Å². The van der Waals surface area contributed by atoms with Crippen molar-refractivity contribution >= 4 is 22.9 Å². The van der Waals surface area contributed by atoms with E-state index >= 15 is 0 Å². The van der Waals surface area contributed by atoms with Gasteiger partial charge >= 0.3 is 5.97 Å². The summed E-state index contributed by atoms with van der Waals surface area (Å²) in [5, 5.41) is 9.88. The number of benzene rings is 1. The highest BCUT2D eigenvalue weighted by molar-refractivity contribution is 5.94. The molecule has 4 nitrogen and oxygen atoms in total. The number of carboxylic acids is 1. The average Bonchev–Trinajstić information content (AvgIpc) is 2.50. The maximum atomic E-state index is 10.9. The minimum absolute atomic E-state index is 0.755. The molecule has 1 aromatic carbocycles. The maximum Gasteiger partial charge on any atom is 0.328 e. The number of aryl methyl sites for hydroxylation is 1.